The van der Waals surface area contributed by atoms with Crippen LogP contribution in [0.2, 0.25) is 0 Å². The summed E-state index contributed by atoms with van der Waals surface area (Å²) >= 11 is 4.76. The molecular weight excluding hydrogens is 556 g/mol. The molecule has 0 aliphatic carbocycles. The molecule has 0 N–H and O–H groups in total. The van der Waals surface area contributed by atoms with Gasteiger partial charge in [0.05, 0.1) is 35.6 Å². The van der Waals surface area contributed by atoms with Crippen LogP contribution in [0.5, 0.6) is 11.5 Å². The number of aromatic nitrogens is 1. The monoisotopic (exact) mass is 582 g/mol. The second kappa shape index (κ2) is 11.3. The Morgan fingerprint density at radius 3 is 2.62 bits per heavy atom. The Kier molecular flexibility index (Phi) is 8.14. The number of esters is 1. The van der Waals surface area contributed by atoms with Crippen molar-refractivity contribution in [1.29, 1.82) is 0 Å². The number of carbonyl (C=O) groups is 1. The highest BCUT2D eigenvalue weighted by molar-refractivity contribution is 9.10. The van der Waals surface area contributed by atoms with Crippen LogP contribution >= 0.6 is 27.3 Å². The van der Waals surface area contributed by atoms with Gasteiger partial charge in [-0.3, -0.25) is 9.36 Å². The number of ether oxygens (including phenoxy) is 3. The maximum atomic E-state index is 13.9. The van der Waals surface area contributed by atoms with Crippen LogP contribution in [-0.2, 0) is 9.53 Å². The van der Waals surface area contributed by atoms with E-state index in [1.807, 2.05) is 37.3 Å². The van der Waals surface area contributed by atoms with Crippen molar-refractivity contribution in [3.05, 3.63) is 101 Å². The number of hydrogen-bond acceptors (Lipinski definition) is 7. The van der Waals surface area contributed by atoms with Gasteiger partial charge in [-0.1, -0.05) is 69.8 Å². The topological polar surface area (TPSA) is 79.1 Å². The fraction of sp³-hybridized carbons (Fsp3) is 0.250. The molecule has 0 radical (unpaired) electrons. The van der Waals surface area contributed by atoms with Gasteiger partial charge >= 0.3 is 5.97 Å². The first-order chi connectivity index (χ1) is 17.8. The molecule has 2 heterocycles. The molecule has 0 bridgehead atoms. The van der Waals surface area contributed by atoms with E-state index in [0.29, 0.717) is 37.7 Å². The average Bonchev–Trinajstić information content (AvgIpc) is 3.17. The first kappa shape index (κ1) is 26.6. The summed E-state index contributed by atoms with van der Waals surface area (Å²) in [5, 5.41) is 0. The van der Waals surface area contributed by atoms with E-state index >= 15 is 0 Å². The van der Waals surface area contributed by atoms with E-state index in [1.165, 1.54) is 11.3 Å². The number of halogens is 1. The zero-order valence-electron chi connectivity index (χ0n) is 21.0. The summed E-state index contributed by atoms with van der Waals surface area (Å²) in [6.45, 7) is 9.72. The van der Waals surface area contributed by atoms with Gasteiger partial charge in [0.15, 0.2) is 16.3 Å². The number of nitrogens with zero attached hydrogens (tertiary/aromatic N) is 2. The standard InChI is InChI=1S/C28H27BrN2O5S/c1-6-12-36-25-19(13-20(29)15-21(25)34-5)14-22-26(32)31-24(18-10-8-16(3)9-11-18)23(27(33)35-7-2)17(4)30-28(31)37-22/h6,8-11,13-15,24H,1,7,12H2,2-5H3/b22-14-/t24-/m1/s1. The highest BCUT2D eigenvalue weighted by Crippen LogP contribution is 2.35. The molecule has 4 rings (SSSR count). The molecular formula is C28H27BrN2O5S. The predicted octanol–water partition coefficient (Wildman–Crippen LogP) is 4.44. The average molecular weight is 584 g/mol. The second-order valence-corrected chi connectivity index (χ2v) is 10.3. The fourth-order valence-electron chi connectivity index (χ4n) is 4.14. The van der Waals surface area contributed by atoms with Crippen molar-refractivity contribution in [1.82, 2.24) is 4.57 Å². The lowest BCUT2D eigenvalue weighted by atomic mass is 9.95. The van der Waals surface area contributed by atoms with Gasteiger partial charge in [0, 0.05) is 10.0 Å². The molecule has 7 nitrogen and oxygen atoms in total. The van der Waals surface area contributed by atoms with Crippen molar-refractivity contribution in [3.63, 3.8) is 0 Å². The van der Waals surface area contributed by atoms with Crippen molar-refractivity contribution < 1.29 is 19.0 Å². The lowest BCUT2D eigenvalue weighted by Crippen LogP contribution is -2.39. The van der Waals surface area contributed by atoms with E-state index in [1.54, 1.807) is 43.7 Å². The Labute approximate surface area is 227 Å². The number of carbonyl (C=O) groups excluding carboxylic acids is 1. The number of benzene rings is 2. The molecule has 2 aromatic carbocycles. The molecule has 0 fully saturated rings. The van der Waals surface area contributed by atoms with Crippen LogP contribution in [0.15, 0.2) is 74.6 Å². The van der Waals surface area contributed by atoms with E-state index in [9.17, 15) is 9.59 Å². The highest BCUT2D eigenvalue weighted by Gasteiger charge is 2.33. The van der Waals surface area contributed by atoms with E-state index < -0.39 is 12.0 Å². The molecule has 3 aromatic rings. The van der Waals surface area contributed by atoms with Crippen molar-refractivity contribution in [2.45, 2.75) is 26.8 Å². The molecule has 9 heteroatoms. The first-order valence-electron chi connectivity index (χ1n) is 11.7. The number of rotatable bonds is 8. The SMILES string of the molecule is C=CCOc1c(/C=c2\sc3n(c2=O)[C@H](c2ccc(C)cc2)C(C(=O)OCC)=C(C)N=3)cc(Br)cc1OC. The van der Waals surface area contributed by atoms with Gasteiger partial charge in [-0.05, 0) is 44.5 Å². The zero-order valence-corrected chi connectivity index (χ0v) is 23.4. The summed E-state index contributed by atoms with van der Waals surface area (Å²) in [6, 6.07) is 10.8. The number of thiazole rings is 1. The minimum atomic E-state index is -0.661. The number of fused-ring (bicyclic) bond motifs is 1. The molecule has 192 valence electrons. The summed E-state index contributed by atoms with van der Waals surface area (Å²) in [5.74, 6) is 0.531. The Balaban J connectivity index is 1.97. The number of hydrogen-bond donors (Lipinski definition) is 0. The number of aryl methyl sites for hydroxylation is 1. The zero-order chi connectivity index (χ0) is 26.7. The number of allylic oxidation sites excluding steroid dienone is 1. The van der Waals surface area contributed by atoms with Crippen LogP contribution in [0.1, 0.15) is 36.6 Å². The second-order valence-electron chi connectivity index (χ2n) is 8.34. The van der Waals surface area contributed by atoms with Crippen LogP contribution in [0.3, 0.4) is 0 Å². The van der Waals surface area contributed by atoms with Crippen molar-refractivity contribution in [3.8, 4) is 11.5 Å². The predicted molar refractivity (Wildman–Crippen MR) is 148 cm³/mol. The van der Waals surface area contributed by atoms with Gasteiger partial charge < -0.3 is 14.2 Å². The summed E-state index contributed by atoms with van der Waals surface area (Å²) in [4.78, 5) is 32.0. The van der Waals surface area contributed by atoms with Crippen molar-refractivity contribution in [2.24, 2.45) is 4.99 Å². The van der Waals surface area contributed by atoms with E-state index in [2.05, 4.69) is 27.5 Å². The molecule has 37 heavy (non-hydrogen) atoms. The molecule has 1 aliphatic heterocycles. The summed E-state index contributed by atoms with van der Waals surface area (Å²) in [7, 11) is 1.56. The normalized spacial score (nSPS) is 15.2. The smallest absolute Gasteiger partial charge is 0.338 e. The Bertz CT molecular complexity index is 1570. The van der Waals surface area contributed by atoms with Gasteiger partial charge in [-0.2, -0.15) is 0 Å². The first-order valence-corrected chi connectivity index (χ1v) is 13.3. The minimum absolute atomic E-state index is 0.221. The lowest BCUT2D eigenvalue weighted by Gasteiger charge is -2.24. The molecule has 0 unspecified atom stereocenters. The van der Waals surface area contributed by atoms with Gasteiger partial charge in [0.25, 0.3) is 5.56 Å². The van der Waals surface area contributed by atoms with E-state index in [4.69, 9.17) is 14.2 Å². The lowest BCUT2D eigenvalue weighted by molar-refractivity contribution is -0.139. The van der Waals surface area contributed by atoms with Crippen LogP contribution in [0, 0.1) is 6.92 Å². The number of methoxy groups -OCH3 is 1. The van der Waals surface area contributed by atoms with E-state index in [0.717, 1.165) is 15.6 Å². The van der Waals surface area contributed by atoms with E-state index in [-0.39, 0.29) is 18.8 Å². The van der Waals surface area contributed by atoms with Crippen LogP contribution in [0.25, 0.3) is 6.08 Å². The summed E-state index contributed by atoms with van der Waals surface area (Å²) in [5.41, 5.74) is 3.14. The molecule has 1 aromatic heterocycles. The van der Waals surface area contributed by atoms with Crippen molar-refractivity contribution in [2.75, 3.05) is 20.3 Å². The summed E-state index contributed by atoms with van der Waals surface area (Å²) < 4.78 is 19.5. The molecule has 0 amide bonds. The largest absolute Gasteiger partial charge is 0.493 e. The molecule has 1 aliphatic rings. The van der Waals surface area contributed by atoms with Gasteiger partial charge in [0.1, 0.15) is 6.61 Å². The Morgan fingerprint density at radius 1 is 1.24 bits per heavy atom. The highest BCUT2D eigenvalue weighted by atomic mass is 79.9. The van der Waals surface area contributed by atoms with Gasteiger partial charge in [0.2, 0.25) is 0 Å². The molecule has 0 saturated heterocycles. The fourth-order valence-corrected chi connectivity index (χ4v) is 5.63. The molecule has 1 atom stereocenters. The maximum absolute atomic E-state index is 13.9. The van der Waals surface area contributed by atoms with Crippen LogP contribution in [0.4, 0.5) is 0 Å². The van der Waals surface area contributed by atoms with Crippen LogP contribution < -0.4 is 24.4 Å². The Hall–Kier alpha value is -3.43. The third kappa shape index (κ3) is 5.33. The quantitative estimate of drug-likeness (QED) is 0.290. The van der Waals surface area contributed by atoms with Gasteiger partial charge in [-0.15, -0.1) is 0 Å². The molecule has 0 saturated carbocycles. The van der Waals surface area contributed by atoms with Crippen LogP contribution in [-0.4, -0.2) is 30.9 Å². The van der Waals surface area contributed by atoms with Gasteiger partial charge in [-0.25, -0.2) is 9.79 Å². The Morgan fingerprint density at radius 2 is 1.97 bits per heavy atom. The maximum Gasteiger partial charge on any atom is 0.338 e. The van der Waals surface area contributed by atoms with Crippen molar-refractivity contribution >= 4 is 39.3 Å². The molecule has 0 spiro atoms. The summed E-state index contributed by atoms with van der Waals surface area (Å²) in [6.07, 6.45) is 3.39. The third-order valence-corrected chi connectivity index (χ3v) is 7.25. The minimum Gasteiger partial charge on any atom is -0.493 e. The third-order valence-electron chi connectivity index (χ3n) is 5.81.